The molecule has 2 atom stereocenters. The molecule has 25 heavy (non-hydrogen) atoms. The van der Waals surface area contributed by atoms with Gasteiger partial charge < -0.3 is 9.64 Å². The molecule has 0 aliphatic carbocycles. The highest BCUT2D eigenvalue weighted by Crippen LogP contribution is 2.32. The average molecular weight is 380 g/mol. The summed E-state index contributed by atoms with van der Waals surface area (Å²) < 4.78 is 5.71. The van der Waals surface area contributed by atoms with Gasteiger partial charge in [0.15, 0.2) is 0 Å². The highest BCUT2D eigenvalue weighted by atomic mass is 35.5. The molecule has 0 radical (unpaired) electrons. The van der Waals surface area contributed by atoms with E-state index in [0.29, 0.717) is 0 Å². The Morgan fingerprint density at radius 3 is 2.12 bits per heavy atom. The normalized spacial score (nSPS) is 13.0. The van der Waals surface area contributed by atoms with Crippen LogP contribution in [0.2, 0.25) is 0 Å². The first-order valence-corrected chi connectivity index (χ1v) is 9.09. The summed E-state index contributed by atoms with van der Waals surface area (Å²) in [4.78, 5) is 15.0. The number of carbonyl (C=O) groups excluding carboxylic acids is 1. The number of rotatable bonds is 8. The number of thioether (sulfide) groups is 1. The fourth-order valence-electron chi connectivity index (χ4n) is 2.68. The molecule has 2 unspecified atom stereocenters. The van der Waals surface area contributed by atoms with Crippen LogP contribution in [-0.4, -0.2) is 37.3 Å². The number of hydrogen-bond acceptors (Lipinski definition) is 4. The van der Waals surface area contributed by atoms with Gasteiger partial charge in [-0.15, -0.1) is 24.2 Å². The van der Waals surface area contributed by atoms with Gasteiger partial charge >= 0.3 is 5.97 Å². The van der Waals surface area contributed by atoms with E-state index in [0.717, 1.165) is 17.9 Å². The number of benzene rings is 2. The maximum absolute atomic E-state index is 11.6. The fourth-order valence-corrected chi connectivity index (χ4v) is 3.72. The van der Waals surface area contributed by atoms with E-state index >= 15 is 0 Å². The molecule has 0 saturated heterocycles. The Morgan fingerprint density at radius 2 is 1.60 bits per heavy atom. The lowest BCUT2D eigenvalue weighted by molar-refractivity contribution is -0.149. The first-order valence-electron chi connectivity index (χ1n) is 8.11. The number of hydrogen-bond donors (Lipinski definition) is 0. The second-order valence-corrected chi connectivity index (χ2v) is 7.18. The van der Waals surface area contributed by atoms with Crippen molar-refractivity contribution in [2.75, 3.05) is 26.4 Å². The molecule has 0 aliphatic rings. The minimum absolute atomic E-state index is 0. The van der Waals surface area contributed by atoms with Crippen molar-refractivity contribution in [2.45, 2.75) is 17.9 Å². The monoisotopic (exact) mass is 379 g/mol. The molecule has 0 spiro atoms. The van der Waals surface area contributed by atoms with Crippen molar-refractivity contribution in [3.8, 4) is 0 Å². The number of ether oxygens (including phenoxy) is 1. The molecule has 0 amide bonds. The van der Waals surface area contributed by atoms with Gasteiger partial charge in [0.1, 0.15) is 6.10 Å². The number of carbonyl (C=O) groups is 1. The Bertz CT molecular complexity index is 622. The summed E-state index contributed by atoms with van der Waals surface area (Å²) in [5, 5.41) is 0. The Labute approximate surface area is 161 Å². The molecule has 5 heteroatoms. The van der Waals surface area contributed by atoms with Crippen LogP contribution in [0.3, 0.4) is 0 Å². The van der Waals surface area contributed by atoms with Gasteiger partial charge in [-0.25, -0.2) is 0 Å². The fraction of sp³-hybridized carbons (Fsp3) is 0.350. The van der Waals surface area contributed by atoms with Crippen molar-refractivity contribution >= 4 is 30.1 Å². The molecule has 0 N–H and O–H groups in total. The van der Waals surface area contributed by atoms with Crippen LogP contribution in [-0.2, 0) is 9.53 Å². The molecule has 0 aromatic heterocycles. The van der Waals surface area contributed by atoms with Gasteiger partial charge in [-0.2, -0.15) is 0 Å². The van der Waals surface area contributed by atoms with E-state index in [2.05, 4.69) is 31.1 Å². The molecule has 0 bridgehead atoms. The molecule has 3 nitrogen and oxygen atoms in total. The van der Waals surface area contributed by atoms with Crippen LogP contribution >= 0.6 is 24.2 Å². The molecule has 2 rings (SSSR count). The van der Waals surface area contributed by atoms with Gasteiger partial charge in [0.05, 0.1) is 0 Å². The molecule has 2 aromatic carbocycles. The van der Waals surface area contributed by atoms with Crippen LogP contribution in [0.4, 0.5) is 0 Å². The van der Waals surface area contributed by atoms with Crippen molar-refractivity contribution in [1.82, 2.24) is 4.90 Å². The number of halogens is 1. The van der Waals surface area contributed by atoms with Crippen LogP contribution in [0, 0.1) is 5.92 Å². The third-order valence-corrected chi connectivity index (χ3v) is 4.86. The lowest BCUT2D eigenvalue weighted by Gasteiger charge is -2.29. The maximum Gasteiger partial charge on any atom is 0.303 e. The third-order valence-electron chi connectivity index (χ3n) is 3.66. The average Bonchev–Trinajstić information content (AvgIpc) is 2.58. The van der Waals surface area contributed by atoms with Crippen LogP contribution < -0.4 is 0 Å². The maximum atomic E-state index is 11.6. The van der Waals surface area contributed by atoms with Crippen LogP contribution in [0.1, 0.15) is 18.6 Å². The summed E-state index contributed by atoms with van der Waals surface area (Å²) in [6.45, 7) is 2.33. The topological polar surface area (TPSA) is 29.5 Å². The van der Waals surface area contributed by atoms with Gasteiger partial charge in [-0.3, -0.25) is 4.79 Å². The van der Waals surface area contributed by atoms with Crippen LogP contribution in [0.15, 0.2) is 65.6 Å². The van der Waals surface area contributed by atoms with E-state index in [4.69, 9.17) is 4.74 Å². The van der Waals surface area contributed by atoms with Crippen LogP contribution in [0.25, 0.3) is 0 Å². The Balaban J connectivity index is 0.00000312. The van der Waals surface area contributed by atoms with Gasteiger partial charge in [-0.05, 0) is 31.8 Å². The molecule has 0 saturated carbocycles. The molecular weight excluding hydrogens is 354 g/mol. The summed E-state index contributed by atoms with van der Waals surface area (Å²) in [5.41, 5.74) is 1.05. The molecular formula is C20H26ClNO2S. The zero-order chi connectivity index (χ0) is 17.4. The SMILES string of the molecule is CC(=O)OC(c1ccccc1)C(CSc1ccccc1)CN(C)C.Cl. The zero-order valence-corrected chi connectivity index (χ0v) is 16.6. The molecule has 0 aliphatic heterocycles. The zero-order valence-electron chi connectivity index (χ0n) is 14.9. The highest BCUT2D eigenvalue weighted by Gasteiger charge is 2.26. The second-order valence-electron chi connectivity index (χ2n) is 6.09. The van der Waals surface area contributed by atoms with Gasteiger partial charge in [0.25, 0.3) is 0 Å². The predicted molar refractivity (Wildman–Crippen MR) is 107 cm³/mol. The summed E-state index contributed by atoms with van der Waals surface area (Å²) in [6.07, 6.45) is -0.234. The first-order chi connectivity index (χ1) is 11.6. The quantitative estimate of drug-likeness (QED) is 0.492. The van der Waals surface area contributed by atoms with E-state index in [1.54, 1.807) is 11.8 Å². The summed E-state index contributed by atoms with van der Waals surface area (Å²) >= 11 is 1.80. The van der Waals surface area contributed by atoms with E-state index in [9.17, 15) is 4.79 Å². The first kappa shape index (κ1) is 21.6. The standard InChI is InChI=1S/C20H25NO2S.ClH/c1-16(22)23-20(17-10-6-4-7-11-17)18(14-21(2)3)15-24-19-12-8-5-9-13-19;/h4-13,18,20H,14-15H2,1-3H3;1H. The van der Waals surface area contributed by atoms with E-state index < -0.39 is 0 Å². The van der Waals surface area contributed by atoms with Crippen molar-refractivity contribution < 1.29 is 9.53 Å². The minimum atomic E-state index is -0.239. The number of nitrogens with zero attached hydrogens (tertiary/aromatic N) is 1. The van der Waals surface area contributed by atoms with Crippen molar-refractivity contribution in [2.24, 2.45) is 5.92 Å². The van der Waals surface area contributed by atoms with E-state index in [1.807, 2.05) is 48.5 Å². The second kappa shape index (κ2) is 11.2. The van der Waals surface area contributed by atoms with Crippen molar-refractivity contribution in [3.63, 3.8) is 0 Å². The van der Waals surface area contributed by atoms with Gasteiger partial charge in [0.2, 0.25) is 0 Å². The number of esters is 1. The molecule has 0 fully saturated rings. The summed E-state index contributed by atoms with van der Waals surface area (Å²) in [7, 11) is 4.10. The Hall–Kier alpha value is -1.49. The summed E-state index contributed by atoms with van der Waals surface area (Å²) in [5.74, 6) is 0.850. The predicted octanol–water partition coefficient (Wildman–Crippen LogP) is 4.68. The van der Waals surface area contributed by atoms with Crippen molar-refractivity contribution in [3.05, 3.63) is 66.2 Å². The van der Waals surface area contributed by atoms with E-state index in [1.165, 1.54) is 11.8 Å². The molecule has 136 valence electrons. The minimum Gasteiger partial charge on any atom is -0.457 e. The van der Waals surface area contributed by atoms with Crippen molar-refractivity contribution in [1.29, 1.82) is 0 Å². The van der Waals surface area contributed by atoms with Gasteiger partial charge in [-0.1, -0.05) is 48.5 Å². The van der Waals surface area contributed by atoms with Crippen LogP contribution in [0.5, 0.6) is 0 Å². The van der Waals surface area contributed by atoms with E-state index in [-0.39, 0.29) is 30.4 Å². The smallest absolute Gasteiger partial charge is 0.303 e. The van der Waals surface area contributed by atoms with Gasteiger partial charge in [0, 0.05) is 30.0 Å². The lowest BCUT2D eigenvalue weighted by atomic mass is 9.96. The third kappa shape index (κ3) is 7.51. The highest BCUT2D eigenvalue weighted by molar-refractivity contribution is 7.99. The Morgan fingerprint density at radius 1 is 1.04 bits per heavy atom. The lowest BCUT2D eigenvalue weighted by Crippen LogP contribution is -2.30. The molecule has 2 aromatic rings. The Kier molecular flexibility index (Phi) is 9.65. The summed E-state index contributed by atoms with van der Waals surface area (Å²) in [6, 6.07) is 20.4. The molecule has 0 heterocycles. The largest absolute Gasteiger partial charge is 0.457 e.